The number of nitro groups is 1. The molecule has 0 unspecified atom stereocenters. The van der Waals surface area contributed by atoms with Crippen LogP contribution in [-0.4, -0.2) is 28.6 Å². The molecule has 4 aromatic rings. The van der Waals surface area contributed by atoms with Crippen molar-refractivity contribution in [2.75, 3.05) is 4.90 Å². The van der Waals surface area contributed by atoms with E-state index in [9.17, 15) is 19.7 Å². The van der Waals surface area contributed by atoms with Crippen LogP contribution in [0.2, 0.25) is 0 Å². The Balaban J connectivity index is 1.57. The lowest BCUT2D eigenvalue weighted by molar-refractivity contribution is -0.384. The van der Waals surface area contributed by atoms with Crippen molar-refractivity contribution in [2.24, 2.45) is 5.92 Å². The van der Waals surface area contributed by atoms with Gasteiger partial charge in [0.15, 0.2) is 11.6 Å². The number of nitrogens with zero attached hydrogens (tertiary/aromatic N) is 2. The molecule has 2 aliphatic heterocycles. The lowest BCUT2D eigenvalue weighted by Gasteiger charge is -2.35. The smallest absolute Gasteiger partial charge is 0.270 e. The first-order valence-corrected chi connectivity index (χ1v) is 12.5. The minimum Gasteiger partial charge on any atom is -0.353 e. The fourth-order valence-electron chi connectivity index (χ4n) is 5.94. The van der Waals surface area contributed by atoms with Crippen LogP contribution in [0.5, 0.6) is 0 Å². The van der Waals surface area contributed by atoms with E-state index in [2.05, 4.69) is 4.90 Å². The number of Topliss-reactive ketones (excluding diaryl/α,β-unsaturated/α-hetero) is 2. The highest BCUT2D eigenvalue weighted by Gasteiger charge is 2.55. The molecule has 186 valence electrons. The molecule has 0 saturated carbocycles. The topological polar surface area (TPSA) is 80.5 Å². The van der Waals surface area contributed by atoms with Gasteiger partial charge >= 0.3 is 0 Å². The molecule has 0 bridgehead atoms. The zero-order valence-electron chi connectivity index (χ0n) is 20.4. The van der Waals surface area contributed by atoms with E-state index >= 15 is 0 Å². The van der Waals surface area contributed by atoms with Crippen molar-refractivity contribution < 1.29 is 14.5 Å². The first-order valence-electron chi connectivity index (χ1n) is 12.5. The van der Waals surface area contributed by atoms with Gasteiger partial charge in [0, 0.05) is 34.9 Å². The third kappa shape index (κ3) is 3.91. The normalized spacial score (nSPS) is 21.4. The van der Waals surface area contributed by atoms with E-state index in [4.69, 9.17) is 0 Å². The van der Waals surface area contributed by atoms with E-state index in [1.54, 1.807) is 6.07 Å². The van der Waals surface area contributed by atoms with Gasteiger partial charge in [-0.2, -0.15) is 0 Å². The van der Waals surface area contributed by atoms with Gasteiger partial charge in [0.25, 0.3) is 5.69 Å². The number of nitro benzene ring substituents is 1. The van der Waals surface area contributed by atoms with Crippen LogP contribution in [0.1, 0.15) is 37.8 Å². The minimum atomic E-state index is -0.742. The van der Waals surface area contributed by atoms with Crippen molar-refractivity contribution in [3.05, 3.63) is 148 Å². The Bertz CT molecular complexity index is 1560. The van der Waals surface area contributed by atoms with Crippen LogP contribution < -0.4 is 4.90 Å². The van der Waals surface area contributed by atoms with Gasteiger partial charge < -0.3 is 4.90 Å². The molecule has 0 N–H and O–H groups in total. The molecule has 2 aliphatic rings. The van der Waals surface area contributed by atoms with E-state index in [-0.39, 0.29) is 28.9 Å². The average molecular weight is 501 g/mol. The first-order chi connectivity index (χ1) is 18.5. The SMILES string of the molecule is O=C(c1ccccc1)[C@@H]1[C@H](c2ccccc2)[C@@H](C(=O)c2cccc([N+](=O)[O-])c2)N2c3ccccc3C=C[C@@H]12. The number of para-hydroxylation sites is 1. The summed E-state index contributed by atoms with van der Waals surface area (Å²) < 4.78 is 0. The van der Waals surface area contributed by atoms with Gasteiger partial charge in [0.05, 0.1) is 16.9 Å². The number of fused-ring (bicyclic) bond motifs is 3. The van der Waals surface area contributed by atoms with Gasteiger partial charge in [-0.15, -0.1) is 0 Å². The Labute approximate surface area is 220 Å². The Morgan fingerprint density at radius 3 is 2.13 bits per heavy atom. The summed E-state index contributed by atoms with van der Waals surface area (Å²) in [5.41, 5.74) is 3.41. The van der Waals surface area contributed by atoms with Gasteiger partial charge in [-0.3, -0.25) is 19.7 Å². The van der Waals surface area contributed by atoms with Gasteiger partial charge in [-0.25, -0.2) is 0 Å². The lowest BCUT2D eigenvalue weighted by atomic mass is 9.76. The molecule has 6 rings (SSSR count). The van der Waals surface area contributed by atoms with Crippen LogP contribution in [0.3, 0.4) is 0 Å². The maximum atomic E-state index is 14.4. The number of hydrogen-bond donors (Lipinski definition) is 0. The molecule has 38 heavy (non-hydrogen) atoms. The van der Waals surface area contributed by atoms with Gasteiger partial charge in [0.1, 0.15) is 6.04 Å². The predicted octanol–water partition coefficient (Wildman–Crippen LogP) is 6.34. The molecular formula is C32H24N2O4. The van der Waals surface area contributed by atoms with Crippen molar-refractivity contribution in [3.63, 3.8) is 0 Å². The number of carbonyl (C=O) groups is 2. The van der Waals surface area contributed by atoms with Crippen molar-refractivity contribution in [3.8, 4) is 0 Å². The largest absolute Gasteiger partial charge is 0.353 e. The highest BCUT2D eigenvalue weighted by molar-refractivity contribution is 6.07. The molecule has 2 heterocycles. The molecule has 4 atom stereocenters. The monoisotopic (exact) mass is 500 g/mol. The Morgan fingerprint density at radius 1 is 0.737 bits per heavy atom. The molecule has 0 spiro atoms. The third-order valence-corrected chi connectivity index (χ3v) is 7.56. The van der Waals surface area contributed by atoms with E-state index in [1.165, 1.54) is 18.2 Å². The maximum absolute atomic E-state index is 14.4. The summed E-state index contributed by atoms with van der Waals surface area (Å²) in [4.78, 5) is 41.6. The van der Waals surface area contributed by atoms with Gasteiger partial charge in [-0.05, 0) is 17.2 Å². The highest BCUT2D eigenvalue weighted by Crippen LogP contribution is 2.50. The molecule has 6 heteroatoms. The number of benzene rings is 4. The zero-order chi connectivity index (χ0) is 26.2. The van der Waals surface area contributed by atoms with Crippen LogP contribution in [0.25, 0.3) is 6.08 Å². The molecule has 0 aromatic heterocycles. The molecule has 0 aliphatic carbocycles. The number of rotatable bonds is 6. The van der Waals surface area contributed by atoms with Crippen LogP contribution >= 0.6 is 0 Å². The van der Waals surface area contributed by atoms with Crippen LogP contribution in [0.15, 0.2) is 115 Å². The predicted molar refractivity (Wildman–Crippen MR) is 146 cm³/mol. The second-order valence-electron chi connectivity index (χ2n) is 9.62. The maximum Gasteiger partial charge on any atom is 0.270 e. The molecule has 0 amide bonds. The molecule has 4 aromatic carbocycles. The number of hydrogen-bond acceptors (Lipinski definition) is 5. The van der Waals surface area contributed by atoms with Crippen LogP contribution in [0.4, 0.5) is 11.4 Å². The molecular weight excluding hydrogens is 476 g/mol. The summed E-state index contributed by atoms with van der Waals surface area (Å²) in [6.07, 6.45) is 4.04. The van der Waals surface area contributed by atoms with E-state index in [0.29, 0.717) is 5.56 Å². The second kappa shape index (κ2) is 9.56. The van der Waals surface area contributed by atoms with E-state index in [0.717, 1.165) is 16.8 Å². The van der Waals surface area contributed by atoms with Crippen molar-refractivity contribution in [1.29, 1.82) is 0 Å². The number of carbonyl (C=O) groups excluding carboxylic acids is 2. The standard InChI is InChI=1S/C32H24N2O4/c35-31(23-13-5-2-6-14-23)29-27-19-18-21-10-7-8-17-26(21)33(27)30(28(29)22-11-3-1-4-12-22)32(36)24-15-9-16-25(20-24)34(37)38/h1-20,27-30H/t27-,28-,29-,30-/m0/s1. The van der Waals surface area contributed by atoms with E-state index in [1.807, 2.05) is 97.1 Å². The van der Waals surface area contributed by atoms with Crippen molar-refractivity contribution >= 4 is 29.0 Å². The Hall–Kier alpha value is -4.84. The number of non-ortho nitro benzene ring substituents is 1. The van der Waals surface area contributed by atoms with E-state index < -0.39 is 22.8 Å². The summed E-state index contributed by atoms with van der Waals surface area (Å²) >= 11 is 0. The number of anilines is 1. The number of ketones is 2. The fraction of sp³-hybridized carbons (Fsp3) is 0.125. The molecule has 6 nitrogen and oxygen atoms in total. The Morgan fingerprint density at radius 2 is 1.39 bits per heavy atom. The third-order valence-electron chi connectivity index (χ3n) is 7.56. The highest BCUT2D eigenvalue weighted by atomic mass is 16.6. The van der Waals surface area contributed by atoms with Crippen molar-refractivity contribution in [1.82, 2.24) is 0 Å². The minimum absolute atomic E-state index is 0.0344. The zero-order valence-corrected chi connectivity index (χ0v) is 20.4. The molecule has 1 saturated heterocycles. The fourth-order valence-corrected chi connectivity index (χ4v) is 5.94. The summed E-state index contributed by atoms with van der Waals surface area (Å²) in [6.45, 7) is 0. The van der Waals surface area contributed by atoms with Crippen LogP contribution in [-0.2, 0) is 0 Å². The summed E-state index contributed by atoms with van der Waals surface area (Å²) in [7, 11) is 0. The summed E-state index contributed by atoms with van der Waals surface area (Å²) in [5.74, 6) is -1.30. The summed E-state index contributed by atoms with van der Waals surface area (Å²) in [5, 5.41) is 11.5. The first kappa shape index (κ1) is 23.6. The van der Waals surface area contributed by atoms with Crippen LogP contribution in [0, 0.1) is 16.0 Å². The second-order valence-corrected chi connectivity index (χ2v) is 9.62. The van der Waals surface area contributed by atoms with Gasteiger partial charge in [0.2, 0.25) is 0 Å². The lowest BCUT2D eigenvalue weighted by Crippen LogP contribution is -2.43. The van der Waals surface area contributed by atoms with Gasteiger partial charge in [-0.1, -0.05) is 103 Å². The average Bonchev–Trinajstić information content (AvgIpc) is 3.33. The molecule has 1 fully saturated rings. The Kier molecular flexibility index (Phi) is 5.92. The van der Waals surface area contributed by atoms with Crippen molar-refractivity contribution in [2.45, 2.75) is 18.0 Å². The summed E-state index contributed by atoms with van der Waals surface area (Å²) in [6, 6.07) is 31.4. The molecule has 0 radical (unpaired) electrons. The quantitative estimate of drug-likeness (QED) is 0.175.